The van der Waals surface area contributed by atoms with Gasteiger partial charge in [0.1, 0.15) is 0 Å². The summed E-state index contributed by atoms with van der Waals surface area (Å²) >= 11 is 5.57. The first-order chi connectivity index (χ1) is 5.69. The van der Waals surface area contributed by atoms with Gasteiger partial charge in [-0.15, -0.1) is 0 Å². The molecule has 0 heterocycles. The minimum absolute atomic E-state index is 0.0369. The minimum atomic E-state index is -0.545. The lowest BCUT2D eigenvalue weighted by molar-refractivity contribution is 0.386. The standard InChI is InChI=1S/C8H9ClFNO/c1-12-7-3-5(4-11)2-6(9)8(7)10/h2-3H,4,11H2,1H3. The molecule has 0 fully saturated rings. The van der Waals surface area contributed by atoms with Crippen LogP contribution in [0.4, 0.5) is 4.39 Å². The summed E-state index contributed by atoms with van der Waals surface area (Å²) < 4.78 is 17.8. The van der Waals surface area contributed by atoms with Crippen LogP contribution in [0.15, 0.2) is 12.1 Å². The van der Waals surface area contributed by atoms with Gasteiger partial charge < -0.3 is 10.5 Å². The lowest BCUT2D eigenvalue weighted by Crippen LogP contribution is -1.98. The molecule has 0 unspecified atom stereocenters. The number of hydrogen-bond donors (Lipinski definition) is 1. The molecule has 1 aromatic carbocycles. The Hall–Kier alpha value is -0.800. The molecule has 0 aliphatic heterocycles. The summed E-state index contributed by atoms with van der Waals surface area (Å²) in [6.45, 7) is 0.316. The summed E-state index contributed by atoms with van der Waals surface area (Å²) in [5.74, 6) is -0.417. The van der Waals surface area contributed by atoms with Crippen LogP contribution in [0, 0.1) is 5.82 Å². The van der Waals surface area contributed by atoms with Gasteiger partial charge in [-0.2, -0.15) is 0 Å². The second-order valence-electron chi connectivity index (χ2n) is 2.30. The monoisotopic (exact) mass is 189 g/mol. The molecule has 1 rings (SSSR count). The van der Waals surface area contributed by atoms with Crippen molar-refractivity contribution in [3.05, 3.63) is 28.5 Å². The van der Waals surface area contributed by atoms with Crippen molar-refractivity contribution in [2.75, 3.05) is 7.11 Å². The van der Waals surface area contributed by atoms with Crippen molar-refractivity contribution in [2.45, 2.75) is 6.54 Å². The van der Waals surface area contributed by atoms with Gasteiger partial charge in [0.05, 0.1) is 12.1 Å². The summed E-state index contributed by atoms with van der Waals surface area (Å²) in [7, 11) is 1.38. The van der Waals surface area contributed by atoms with E-state index in [1.807, 2.05) is 0 Å². The van der Waals surface area contributed by atoms with E-state index in [1.165, 1.54) is 19.2 Å². The van der Waals surface area contributed by atoms with Gasteiger partial charge in [-0.25, -0.2) is 4.39 Å². The third-order valence-corrected chi connectivity index (χ3v) is 1.79. The molecular formula is C8H9ClFNO. The Morgan fingerprint density at radius 3 is 2.75 bits per heavy atom. The fourth-order valence-electron chi connectivity index (χ4n) is 0.884. The van der Waals surface area contributed by atoms with Crippen molar-refractivity contribution in [1.29, 1.82) is 0 Å². The molecule has 12 heavy (non-hydrogen) atoms. The topological polar surface area (TPSA) is 35.2 Å². The Morgan fingerprint density at radius 2 is 2.25 bits per heavy atom. The molecule has 0 spiro atoms. The van der Waals surface area contributed by atoms with E-state index in [-0.39, 0.29) is 10.8 Å². The van der Waals surface area contributed by atoms with Gasteiger partial charge in [-0.1, -0.05) is 11.6 Å². The predicted octanol–water partition coefficient (Wildman–Crippen LogP) is 1.95. The van der Waals surface area contributed by atoms with E-state index in [0.29, 0.717) is 6.54 Å². The largest absolute Gasteiger partial charge is 0.494 e. The maximum atomic E-state index is 13.0. The Balaban J connectivity index is 3.19. The van der Waals surface area contributed by atoms with E-state index < -0.39 is 5.82 Å². The molecule has 0 aromatic heterocycles. The number of methoxy groups -OCH3 is 1. The molecule has 0 aliphatic carbocycles. The first kappa shape index (κ1) is 9.29. The summed E-state index contributed by atoms with van der Waals surface area (Å²) in [6, 6.07) is 3.01. The molecule has 0 radical (unpaired) electrons. The van der Waals surface area contributed by atoms with Gasteiger partial charge in [-0.05, 0) is 17.7 Å². The van der Waals surface area contributed by atoms with Crippen LogP contribution in [-0.4, -0.2) is 7.11 Å². The van der Waals surface area contributed by atoms with Gasteiger partial charge in [0.15, 0.2) is 11.6 Å². The van der Waals surface area contributed by atoms with Gasteiger partial charge in [0, 0.05) is 6.54 Å². The van der Waals surface area contributed by atoms with Crippen LogP contribution in [0.3, 0.4) is 0 Å². The highest BCUT2D eigenvalue weighted by atomic mass is 35.5. The van der Waals surface area contributed by atoms with Crippen LogP contribution in [-0.2, 0) is 6.54 Å². The molecule has 0 atom stereocenters. The van der Waals surface area contributed by atoms with Gasteiger partial charge in [0.2, 0.25) is 0 Å². The summed E-state index contributed by atoms with van der Waals surface area (Å²) in [6.07, 6.45) is 0. The minimum Gasteiger partial charge on any atom is -0.494 e. The van der Waals surface area contributed by atoms with Crippen molar-refractivity contribution in [2.24, 2.45) is 5.73 Å². The molecule has 1 aromatic rings. The fraction of sp³-hybridized carbons (Fsp3) is 0.250. The van der Waals surface area contributed by atoms with E-state index in [1.54, 1.807) is 0 Å². The molecule has 0 saturated heterocycles. The third-order valence-electron chi connectivity index (χ3n) is 1.51. The number of nitrogens with two attached hydrogens (primary N) is 1. The molecule has 0 amide bonds. The average Bonchev–Trinajstić information content (AvgIpc) is 2.09. The lowest BCUT2D eigenvalue weighted by Gasteiger charge is -2.05. The Bertz CT molecular complexity index is 291. The van der Waals surface area contributed by atoms with E-state index in [0.717, 1.165) is 5.56 Å². The average molecular weight is 190 g/mol. The molecule has 0 aliphatic rings. The summed E-state index contributed by atoms with van der Waals surface area (Å²) in [5.41, 5.74) is 6.10. The molecule has 2 nitrogen and oxygen atoms in total. The zero-order chi connectivity index (χ0) is 9.14. The van der Waals surface area contributed by atoms with Crippen LogP contribution in [0.5, 0.6) is 5.75 Å². The predicted molar refractivity (Wildman–Crippen MR) is 45.9 cm³/mol. The number of benzene rings is 1. The SMILES string of the molecule is COc1cc(CN)cc(Cl)c1F. The second kappa shape index (κ2) is 3.74. The van der Waals surface area contributed by atoms with Crippen LogP contribution in [0.25, 0.3) is 0 Å². The molecule has 4 heteroatoms. The molecule has 0 bridgehead atoms. The van der Waals surface area contributed by atoms with E-state index in [9.17, 15) is 4.39 Å². The zero-order valence-electron chi connectivity index (χ0n) is 6.60. The Kier molecular flexibility index (Phi) is 2.89. The van der Waals surface area contributed by atoms with Gasteiger partial charge in [0.25, 0.3) is 0 Å². The normalized spacial score (nSPS) is 10.0. The Morgan fingerprint density at radius 1 is 1.58 bits per heavy atom. The number of hydrogen-bond acceptors (Lipinski definition) is 2. The van der Waals surface area contributed by atoms with E-state index >= 15 is 0 Å². The van der Waals surface area contributed by atoms with Crippen LogP contribution in [0.1, 0.15) is 5.56 Å². The van der Waals surface area contributed by atoms with Crippen LogP contribution in [0.2, 0.25) is 5.02 Å². The quantitative estimate of drug-likeness (QED) is 0.772. The first-order valence-electron chi connectivity index (χ1n) is 3.41. The molecular weight excluding hydrogens is 181 g/mol. The van der Waals surface area contributed by atoms with E-state index in [4.69, 9.17) is 22.1 Å². The van der Waals surface area contributed by atoms with Crippen LogP contribution >= 0.6 is 11.6 Å². The zero-order valence-corrected chi connectivity index (χ0v) is 7.36. The maximum absolute atomic E-state index is 13.0. The third kappa shape index (κ3) is 1.68. The highest BCUT2D eigenvalue weighted by Gasteiger charge is 2.08. The van der Waals surface area contributed by atoms with Gasteiger partial charge in [-0.3, -0.25) is 0 Å². The second-order valence-corrected chi connectivity index (χ2v) is 2.71. The highest BCUT2D eigenvalue weighted by Crippen LogP contribution is 2.26. The van der Waals surface area contributed by atoms with Crippen molar-refractivity contribution < 1.29 is 9.13 Å². The number of halogens is 2. The fourth-order valence-corrected chi connectivity index (χ4v) is 1.12. The van der Waals surface area contributed by atoms with Crippen LogP contribution < -0.4 is 10.5 Å². The van der Waals surface area contributed by atoms with Crippen molar-refractivity contribution in [3.8, 4) is 5.75 Å². The van der Waals surface area contributed by atoms with Crippen molar-refractivity contribution in [3.63, 3.8) is 0 Å². The molecule has 0 saturated carbocycles. The Labute approximate surface area is 75.1 Å². The van der Waals surface area contributed by atoms with Gasteiger partial charge >= 0.3 is 0 Å². The van der Waals surface area contributed by atoms with E-state index in [2.05, 4.69) is 0 Å². The van der Waals surface area contributed by atoms with Crippen molar-refractivity contribution >= 4 is 11.6 Å². The summed E-state index contributed by atoms with van der Waals surface area (Å²) in [4.78, 5) is 0. The first-order valence-corrected chi connectivity index (χ1v) is 3.78. The maximum Gasteiger partial charge on any atom is 0.183 e. The molecule has 2 N–H and O–H groups in total. The highest BCUT2D eigenvalue weighted by molar-refractivity contribution is 6.30. The smallest absolute Gasteiger partial charge is 0.183 e. The number of ether oxygens (including phenoxy) is 1. The summed E-state index contributed by atoms with van der Waals surface area (Å²) in [5, 5.41) is 0.0369. The lowest BCUT2D eigenvalue weighted by atomic mass is 10.2. The molecule has 66 valence electrons. The number of rotatable bonds is 2. The van der Waals surface area contributed by atoms with Crippen molar-refractivity contribution in [1.82, 2.24) is 0 Å².